The number of hydrogen-bond acceptors (Lipinski definition) is 3. The van der Waals surface area contributed by atoms with E-state index in [0.29, 0.717) is 10.8 Å². The summed E-state index contributed by atoms with van der Waals surface area (Å²) in [5, 5.41) is 1.50. The Bertz CT molecular complexity index is 2110. The summed E-state index contributed by atoms with van der Waals surface area (Å²) in [6.07, 6.45) is 24.7. The van der Waals surface area contributed by atoms with E-state index in [-0.39, 0.29) is 7.92 Å². The van der Waals surface area contributed by atoms with Gasteiger partial charge >= 0.3 is 0 Å². The van der Waals surface area contributed by atoms with Crippen molar-refractivity contribution >= 4 is 29.9 Å². The second-order valence-electron chi connectivity index (χ2n) is 17.2. The summed E-state index contributed by atoms with van der Waals surface area (Å²) >= 11 is 0. The molecule has 0 aliphatic heterocycles. The summed E-state index contributed by atoms with van der Waals surface area (Å²) in [5.41, 5.74) is 11.5. The molecule has 1 heterocycles. The number of hydrogen-bond donors (Lipinski definition) is 0. The van der Waals surface area contributed by atoms with Crippen molar-refractivity contribution in [2.24, 2.45) is 10.8 Å². The van der Waals surface area contributed by atoms with Gasteiger partial charge in [0, 0.05) is 11.1 Å². The first-order chi connectivity index (χ1) is 25.5. The molecule has 0 unspecified atom stereocenters. The molecule has 0 saturated carbocycles. The van der Waals surface area contributed by atoms with Gasteiger partial charge in [-0.25, -0.2) is 15.0 Å². The lowest BCUT2D eigenvalue weighted by molar-refractivity contribution is 0.460. The second-order valence-corrected chi connectivity index (χ2v) is 19.4. The molecule has 0 amide bonds. The van der Waals surface area contributed by atoms with E-state index in [9.17, 15) is 0 Å². The summed E-state index contributed by atoms with van der Waals surface area (Å²) in [7, 11) is -0.281. The highest BCUT2D eigenvalue weighted by Crippen LogP contribution is 2.46. The minimum Gasteiger partial charge on any atom is -0.209 e. The summed E-state index contributed by atoms with van der Waals surface area (Å²) in [5.74, 6) is 2.24. The van der Waals surface area contributed by atoms with Gasteiger partial charge in [-0.2, -0.15) is 0 Å². The average molecular weight is 716 g/mol. The molecule has 0 spiro atoms. The standard InChI is InChI=1S/C49H54N3P/c1-48(2,3)33-53(34-49(4,5)6)44-25-15-22-41(32-44)37-26-28-38(29-27-37)45-50-46(42-23-13-20-39(30-42)35-16-9-7-10-17-35)52-47(51-45)43-24-14-21-40(31-43)36-18-11-8-12-19-36/h7,9-11,15-20,22,24-32H,8,12-14,21,23,33-34H2,1-6H3. The molecule has 7 rings (SSSR count). The zero-order valence-corrected chi connectivity index (χ0v) is 33.4. The molecule has 0 saturated heterocycles. The van der Waals surface area contributed by atoms with Crippen LogP contribution in [0.5, 0.6) is 0 Å². The third kappa shape index (κ3) is 9.56. The van der Waals surface area contributed by atoms with Crippen LogP contribution in [0, 0.1) is 10.8 Å². The highest BCUT2D eigenvalue weighted by atomic mass is 31.1. The maximum atomic E-state index is 5.19. The topological polar surface area (TPSA) is 38.7 Å². The van der Waals surface area contributed by atoms with E-state index in [4.69, 9.17) is 15.0 Å². The van der Waals surface area contributed by atoms with Crippen molar-refractivity contribution in [3.8, 4) is 22.5 Å². The molecule has 0 N–H and O–H groups in total. The molecule has 0 atom stereocenters. The van der Waals surface area contributed by atoms with Crippen LogP contribution in [0.2, 0.25) is 0 Å². The van der Waals surface area contributed by atoms with Crippen LogP contribution in [0.3, 0.4) is 0 Å². The Morgan fingerprint density at radius 3 is 1.81 bits per heavy atom. The first-order valence-electron chi connectivity index (χ1n) is 19.4. The summed E-state index contributed by atoms with van der Waals surface area (Å²) < 4.78 is 0. The van der Waals surface area contributed by atoms with E-state index < -0.39 is 0 Å². The quantitative estimate of drug-likeness (QED) is 0.162. The van der Waals surface area contributed by atoms with Crippen LogP contribution < -0.4 is 5.30 Å². The molecule has 1 aromatic heterocycles. The van der Waals surface area contributed by atoms with Gasteiger partial charge in [0.15, 0.2) is 17.5 Å². The Kier molecular flexibility index (Phi) is 11.0. The van der Waals surface area contributed by atoms with Crippen LogP contribution in [0.1, 0.15) is 97.3 Å². The van der Waals surface area contributed by atoms with Gasteiger partial charge in [0.05, 0.1) is 0 Å². The van der Waals surface area contributed by atoms with E-state index in [2.05, 4.69) is 163 Å². The Balaban J connectivity index is 1.24. The number of benzene rings is 3. The van der Waals surface area contributed by atoms with Crippen LogP contribution in [0.15, 0.2) is 133 Å². The summed E-state index contributed by atoms with van der Waals surface area (Å²) in [4.78, 5) is 15.5. The maximum Gasteiger partial charge on any atom is 0.164 e. The fraction of sp³-hybridized carbons (Fsp3) is 0.327. The molecule has 53 heavy (non-hydrogen) atoms. The number of allylic oxidation sites excluding steroid dienone is 12. The van der Waals surface area contributed by atoms with E-state index in [1.807, 2.05) is 0 Å². The Morgan fingerprint density at radius 1 is 0.509 bits per heavy atom. The van der Waals surface area contributed by atoms with Gasteiger partial charge in [-0.05, 0) is 124 Å². The molecule has 0 radical (unpaired) electrons. The van der Waals surface area contributed by atoms with Gasteiger partial charge in [-0.15, -0.1) is 0 Å². The van der Waals surface area contributed by atoms with E-state index in [1.54, 1.807) is 0 Å². The van der Waals surface area contributed by atoms with E-state index >= 15 is 0 Å². The average Bonchev–Trinajstić information content (AvgIpc) is 3.17. The Labute approximate surface area is 319 Å². The third-order valence-electron chi connectivity index (χ3n) is 9.89. The third-order valence-corrected chi connectivity index (χ3v) is 13.6. The van der Waals surface area contributed by atoms with Crippen molar-refractivity contribution < 1.29 is 0 Å². The maximum absolute atomic E-state index is 5.19. The Morgan fingerprint density at radius 2 is 1.11 bits per heavy atom. The lowest BCUT2D eigenvalue weighted by Crippen LogP contribution is -2.22. The lowest BCUT2D eigenvalue weighted by Gasteiger charge is -2.32. The van der Waals surface area contributed by atoms with Crippen molar-refractivity contribution in [1.82, 2.24) is 15.0 Å². The fourth-order valence-electron chi connectivity index (χ4n) is 7.50. The van der Waals surface area contributed by atoms with Gasteiger partial charge in [-0.1, -0.05) is 153 Å². The lowest BCUT2D eigenvalue weighted by atomic mass is 9.90. The van der Waals surface area contributed by atoms with Crippen molar-refractivity contribution in [2.75, 3.05) is 12.3 Å². The molecule has 3 aromatic carbocycles. The smallest absolute Gasteiger partial charge is 0.164 e. The van der Waals surface area contributed by atoms with Crippen LogP contribution >= 0.6 is 7.92 Å². The largest absolute Gasteiger partial charge is 0.209 e. The predicted molar refractivity (Wildman–Crippen MR) is 229 cm³/mol. The van der Waals surface area contributed by atoms with Crippen molar-refractivity contribution in [1.29, 1.82) is 0 Å². The number of rotatable bonds is 9. The first kappa shape index (κ1) is 36.9. The van der Waals surface area contributed by atoms with Crippen molar-refractivity contribution in [2.45, 2.75) is 80.1 Å². The minimum absolute atomic E-state index is 0.281. The predicted octanol–water partition coefficient (Wildman–Crippen LogP) is 13.0. The zero-order chi connectivity index (χ0) is 37.0. The summed E-state index contributed by atoms with van der Waals surface area (Å²) in [6, 6.07) is 28.8. The molecule has 0 bridgehead atoms. The first-order valence-corrected chi connectivity index (χ1v) is 21.2. The molecule has 3 aliphatic carbocycles. The molecule has 270 valence electrons. The van der Waals surface area contributed by atoms with Crippen molar-refractivity contribution in [3.05, 3.63) is 150 Å². The molecular formula is C49H54N3P. The molecule has 4 aromatic rings. The monoisotopic (exact) mass is 715 g/mol. The molecular weight excluding hydrogens is 662 g/mol. The van der Waals surface area contributed by atoms with E-state index in [0.717, 1.165) is 72.7 Å². The molecule has 4 heteroatoms. The molecule has 3 aliphatic rings. The molecule has 0 fully saturated rings. The van der Waals surface area contributed by atoms with Crippen molar-refractivity contribution in [3.63, 3.8) is 0 Å². The molecule has 3 nitrogen and oxygen atoms in total. The van der Waals surface area contributed by atoms with Crippen LogP contribution in [0.25, 0.3) is 39.2 Å². The summed E-state index contributed by atoms with van der Waals surface area (Å²) in [6.45, 7) is 14.3. The van der Waals surface area contributed by atoms with Crippen LogP contribution in [0.4, 0.5) is 0 Å². The van der Waals surface area contributed by atoms with Gasteiger partial charge in [0.1, 0.15) is 0 Å². The zero-order valence-electron chi connectivity index (χ0n) is 32.5. The highest BCUT2D eigenvalue weighted by molar-refractivity contribution is 7.65. The minimum atomic E-state index is -0.281. The van der Waals surface area contributed by atoms with Crippen LogP contribution in [-0.4, -0.2) is 27.3 Å². The normalized spacial score (nSPS) is 16.5. The van der Waals surface area contributed by atoms with Gasteiger partial charge in [0.25, 0.3) is 0 Å². The van der Waals surface area contributed by atoms with Crippen LogP contribution in [-0.2, 0) is 0 Å². The SMILES string of the molecule is CC(C)(C)CP(CC(C)(C)C)c1cccc(-c2ccc(-c3nc(C4=CCCC(C5=CCCC=C5)=C4)nc(C4=CC(c5ccccc5)=CCC4)n3)cc2)c1. The van der Waals surface area contributed by atoms with Gasteiger partial charge in [-0.3, -0.25) is 0 Å². The second kappa shape index (κ2) is 15.9. The highest BCUT2D eigenvalue weighted by Gasteiger charge is 2.25. The van der Waals surface area contributed by atoms with Gasteiger partial charge in [0.2, 0.25) is 0 Å². The fourth-order valence-corrected chi connectivity index (χ4v) is 10.9. The number of aromatic nitrogens is 3. The number of nitrogens with zero attached hydrogens (tertiary/aromatic N) is 3. The van der Waals surface area contributed by atoms with E-state index in [1.165, 1.54) is 51.0 Å². The van der Waals surface area contributed by atoms with Gasteiger partial charge < -0.3 is 0 Å². The Hall–Kier alpha value is -4.46.